The van der Waals surface area contributed by atoms with Crippen LogP contribution in [0.5, 0.6) is 0 Å². The number of ether oxygens (including phenoxy) is 1. The standard InChI is InChI=1S/C16H18FN5O5S2/c1-9(23)18-6-11-8-22(16(24)27-11)10-3-4-12(13(17)5-10)15-21-20-14(28-15)7-19-29(2,25)26/h3-5,11,19H,6-8H2,1-2H3,(H,18,23)/t11-/m0/s1. The van der Waals surface area contributed by atoms with Gasteiger partial charge >= 0.3 is 6.09 Å². The van der Waals surface area contributed by atoms with Gasteiger partial charge in [-0.1, -0.05) is 11.3 Å². The van der Waals surface area contributed by atoms with E-state index in [4.69, 9.17) is 4.74 Å². The van der Waals surface area contributed by atoms with E-state index in [1.165, 1.54) is 24.0 Å². The summed E-state index contributed by atoms with van der Waals surface area (Å²) in [6.07, 6.45) is -0.128. The van der Waals surface area contributed by atoms with E-state index in [9.17, 15) is 22.4 Å². The van der Waals surface area contributed by atoms with Crippen molar-refractivity contribution in [1.82, 2.24) is 20.2 Å². The monoisotopic (exact) mass is 443 g/mol. The molecule has 0 aliphatic carbocycles. The van der Waals surface area contributed by atoms with E-state index < -0.39 is 28.0 Å². The lowest BCUT2D eigenvalue weighted by atomic mass is 10.2. The van der Waals surface area contributed by atoms with Crippen LogP contribution in [-0.2, 0) is 26.1 Å². The smallest absolute Gasteiger partial charge is 0.414 e. The number of nitrogens with zero attached hydrogens (tertiary/aromatic N) is 3. The molecule has 10 nitrogen and oxygen atoms in total. The molecule has 1 saturated heterocycles. The second kappa shape index (κ2) is 8.39. The SMILES string of the molecule is CC(=O)NC[C@H]1CN(c2ccc(-c3nnc(CNS(C)(=O)=O)s3)c(F)c2)C(=O)O1. The number of anilines is 1. The predicted octanol–water partition coefficient (Wildman–Crippen LogP) is 0.855. The first-order valence-corrected chi connectivity index (χ1v) is 11.1. The molecule has 2 aromatic rings. The van der Waals surface area contributed by atoms with Gasteiger partial charge in [0.1, 0.15) is 16.9 Å². The van der Waals surface area contributed by atoms with Gasteiger partial charge in [0.15, 0.2) is 5.01 Å². The summed E-state index contributed by atoms with van der Waals surface area (Å²) < 4.78 is 44.4. The lowest BCUT2D eigenvalue weighted by molar-refractivity contribution is -0.119. The molecule has 0 bridgehead atoms. The first kappa shape index (κ1) is 21.1. The second-order valence-corrected chi connectivity index (χ2v) is 9.21. The number of hydrogen-bond acceptors (Lipinski definition) is 8. The molecule has 0 unspecified atom stereocenters. The Balaban J connectivity index is 1.71. The lowest BCUT2D eigenvalue weighted by Crippen LogP contribution is -2.33. The van der Waals surface area contributed by atoms with Gasteiger partial charge in [-0.05, 0) is 18.2 Å². The summed E-state index contributed by atoms with van der Waals surface area (Å²) in [5.41, 5.74) is 0.490. The van der Waals surface area contributed by atoms with Crippen molar-refractivity contribution in [2.75, 3.05) is 24.2 Å². The molecule has 2 N–H and O–H groups in total. The average molecular weight is 443 g/mol. The molecule has 2 amide bonds. The van der Waals surface area contributed by atoms with Crippen molar-refractivity contribution in [3.05, 3.63) is 29.0 Å². The summed E-state index contributed by atoms with van der Waals surface area (Å²) in [5, 5.41) is 11.0. The molecule has 29 heavy (non-hydrogen) atoms. The summed E-state index contributed by atoms with van der Waals surface area (Å²) in [7, 11) is -3.38. The van der Waals surface area contributed by atoms with Crippen LogP contribution in [0.3, 0.4) is 0 Å². The van der Waals surface area contributed by atoms with Crippen molar-refractivity contribution < 1.29 is 27.1 Å². The van der Waals surface area contributed by atoms with E-state index in [1.54, 1.807) is 6.07 Å². The number of benzene rings is 1. The summed E-state index contributed by atoms with van der Waals surface area (Å²) in [6.45, 7) is 1.68. The normalized spacial score (nSPS) is 16.7. The third-order valence-corrected chi connectivity index (χ3v) is 5.53. The van der Waals surface area contributed by atoms with Crippen molar-refractivity contribution in [3.8, 4) is 10.6 Å². The van der Waals surface area contributed by atoms with Gasteiger partial charge in [0.2, 0.25) is 15.9 Å². The van der Waals surface area contributed by atoms with Gasteiger partial charge in [-0.15, -0.1) is 10.2 Å². The predicted molar refractivity (Wildman–Crippen MR) is 103 cm³/mol. The van der Waals surface area contributed by atoms with Crippen LogP contribution in [0.15, 0.2) is 18.2 Å². The Labute approximate surface area is 170 Å². The minimum Gasteiger partial charge on any atom is -0.442 e. The van der Waals surface area contributed by atoms with Gasteiger partial charge in [0.05, 0.1) is 31.6 Å². The van der Waals surface area contributed by atoms with Crippen molar-refractivity contribution in [1.29, 1.82) is 0 Å². The molecule has 1 fully saturated rings. The molecule has 0 radical (unpaired) electrons. The summed E-state index contributed by atoms with van der Waals surface area (Å²) in [4.78, 5) is 24.3. The highest BCUT2D eigenvalue weighted by atomic mass is 32.2. The number of cyclic esters (lactones) is 1. The minimum absolute atomic E-state index is 0.0362. The molecule has 156 valence electrons. The fourth-order valence-corrected chi connectivity index (χ4v) is 3.86. The third-order valence-electron chi connectivity index (χ3n) is 3.90. The number of sulfonamides is 1. The Morgan fingerprint density at radius 3 is 2.83 bits per heavy atom. The van der Waals surface area contributed by atoms with E-state index in [-0.39, 0.29) is 36.1 Å². The number of hydrogen-bond donors (Lipinski definition) is 2. The van der Waals surface area contributed by atoms with Crippen molar-refractivity contribution in [2.45, 2.75) is 19.6 Å². The Bertz CT molecular complexity index is 1040. The molecule has 3 rings (SSSR count). The Kier molecular flexibility index (Phi) is 6.10. The van der Waals surface area contributed by atoms with Gasteiger partial charge < -0.3 is 10.1 Å². The lowest BCUT2D eigenvalue weighted by Gasteiger charge is -2.14. The van der Waals surface area contributed by atoms with Gasteiger partial charge in [0, 0.05) is 12.5 Å². The third kappa shape index (κ3) is 5.46. The highest BCUT2D eigenvalue weighted by Gasteiger charge is 2.32. The molecular weight excluding hydrogens is 425 g/mol. The maximum atomic E-state index is 14.6. The molecular formula is C16H18FN5O5S2. The van der Waals surface area contributed by atoms with Crippen LogP contribution in [0.2, 0.25) is 0 Å². The van der Waals surface area contributed by atoms with Crippen molar-refractivity contribution in [2.24, 2.45) is 0 Å². The van der Waals surface area contributed by atoms with Crippen LogP contribution < -0.4 is 14.9 Å². The number of carbonyl (C=O) groups excluding carboxylic acids is 2. The van der Waals surface area contributed by atoms with Crippen LogP contribution in [-0.4, -0.2) is 56.1 Å². The van der Waals surface area contributed by atoms with E-state index >= 15 is 0 Å². The van der Waals surface area contributed by atoms with Crippen LogP contribution in [0.25, 0.3) is 10.6 Å². The van der Waals surface area contributed by atoms with Crippen LogP contribution in [0, 0.1) is 5.82 Å². The number of rotatable bonds is 7. The zero-order valence-corrected chi connectivity index (χ0v) is 17.1. The number of carbonyl (C=O) groups is 2. The number of aromatic nitrogens is 2. The topological polar surface area (TPSA) is 131 Å². The zero-order valence-electron chi connectivity index (χ0n) is 15.5. The Morgan fingerprint density at radius 2 is 2.17 bits per heavy atom. The Hall–Kier alpha value is -2.64. The molecule has 1 atom stereocenters. The fourth-order valence-electron chi connectivity index (χ4n) is 2.57. The molecule has 2 heterocycles. The average Bonchev–Trinajstić information content (AvgIpc) is 3.24. The summed E-state index contributed by atoms with van der Waals surface area (Å²) in [5.74, 6) is -0.850. The van der Waals surface area contributed by atoms with Gasteiger partial charge in [-0.25, -0.2) is 22.3 Å². The highest BCUT2D eigenvalue weighted by Crippen LogP contribution is 2.30. The van der Waals surface area contributed by atoms with Crippen molar-refractivity contribution in [3.63, 3.8) is 0 Å². The van der Waals surface area contributed by atoms with Crippen molar-refractivity contribution >= 4 is 39.0 Å². The highest BCUT2D eigenvalue weighted by molar-refractivity contribution is 7.88. The van der Waals surface area contributed by atoms with Crippen LogP contribution in [0.4, 0.5) is 14.9 Å². The quantitative estimate of drug-likeness (QED) is 0.649. The number of halogens is 1. The molecule has 1 aliphatic heterocycles. The molecule has 1 aromatic heterocycles. The number of nitrogens with one attached hydrogen (secondary N) is 2. The summed E-state index contributed by atoms with van der Waals surface area (Å²) >= 11 is 1.05. The number of amides is 2. The zero-order chi connectivity index (χ0) is 21.2. The van der Waals surface area contributed by atoms with Gasteiger partial charge in [-0.3, -0.25) is 9.69 Å². The van der Waals surface area contributed by atoms with E-state index in [0.29, 0.717) is 10.7 Å². The van der Waals surface area contributed by atoms with E-state index in [0.717, 1.165) is 17.6 Å². The van der Waals surface area contributed by atoms with E-state index in [1.807, 2.05) is 0 Å². The molecule has 0 saturated carbocycles. The van der Waals surface area contributed by atoms with Gasteiger partial charge in [0.25, 0.3) is 0 Å². The van der Waals surface area contributed by atoms with E-state index in [2.05, 4.69) is 20.2 Å². The molecule has 1 aromatic carbocycles. The molecule has 13 heteroatoms. The maximum Gasteiger partial charge on any atom is 0.414 e. The first-order chi connectivity index (χ1) is 13.6. The minimum atomic E-state index is -3.38. The first-order valence-electron chi connectivity index (χ1n) is 8.42. The second-order valence-electron chi connectivity index (χ2n) is 6.31. The van der Waals surface area contributed by atoms with Gasteiger partial charge in [-0.2, -0.15) is 0 Å². The largest absolute Gasteiger partial charge is 0.442 e. The van der Waals surface area contributed by atoms with Crippen LogP contribution >= 0.6 is 11.3 Å². The fraction of sp³-hybridized carbons (Fsp3) is 0.375. The summed E-state index contributed by atoms with van der Waals surface area (Å²) in [6, 6.07) is 4.21. The Morgan fingerprint density at radius 1 is 1.41 bits per heavy atom. The molecule has 1 aliphatic rings. The molecule has 0 spiro atoms. The maximum absolute atomic E-state index is 14.6. The van der Waals surface area contributed by atoms with Crippen LogP contribution in [0.1, 0.15) is 11.9 Å².